The largest absolute Gasteiger partial charge is 0.451 e. The molecule has 1 aromatic heterocycles. The van der Waals surface area contributed by atoms with E-state index in [-0.39, 0.29) is 24.3 Å². The van der Waals surface area contributed by atoms with Gasteiger partial charge in [0.2, 0.25) is 10.0 Å². The molecule has 1 aromatic carbocycles. The Balaban J connectivity index is 1.79. The Morgan fingerprint density at radius 3 is 2.88 bits per heavy atom. The number of fused-ring (bicyclic) bond motifs is 1. The van der Waals surface area contributed by atoms with E-state index in [1.165, 1.54) is 10.6 Å². The summed E-state index contributed by atoms with van der Waals surface area (Å²) in [5.41, 5.74) is 1.32. The zero-order valence-corrected chi connectivity index (χ0v) is 15.1. The van der Waals surface area contributed by atoms with E-state index in [9.17, 15) is 13.2 Å². The summed E-state index contributed by atoms with van der Waals surface area (Å²) in [5, 5.41) is 4.26. The van der Waals surface area contributed by atoms with Gasteiger partial charge in [-0.3, -0.25) is 4.79 Å². The summed E-state index contributed by atoms with van der Waals surface area (Å²) >= 11 is 5.99. The Kier molecular flexibility index (Phi) is 4.59. The summed E-state index contributed by atoms with van der Waals surface area (Å²) < 4.78 is 30.4. The van der Waals surface area contributed by atoms with Gasteiger partial charge in [-0.1, -0.05) is 11.6 Å². The minimum Gasteiger partial charge on any atom is -0.451 e. The van der Waals surface area contributed by atoms with Gasteiger partial charge in [0.25, 0.3) is 5.91 Å². The summed E-state index contributed by atoms with van der Waals surface area (Å²) in [6.07, 6.45) is 2.64. The van der Waals surface area contributed by atoms with Crippen molar-refractivity contribution in [3.05, 3.63) is 34.5 Å². The predicted octanol–water partition coefficient (Wildman–Crippen LogP) is 2.55. The SMILES string of the molecule is Cc1c(C(=O)NC2CCCN(S(C)(=O)=O)C2)oc2ccc(Cl)cc12. The molecule has 1 atom stereocenters. The van der Waals surface area contributed by atoms with Crippen LogP contribution in [0.25, 0.3) is 11.0 Å². The molecule has 0 saturated carbocycles. The molecule has 6 nitrogen and oxygen atoms in total. The number of nitrogens with zero attached hydrogens (tertiary/aromatic N) is 1. The van der Waals surface area contributed by atoms with Gasteiger partial charge in [-0.15, -0.1) is 0 Å². The molecule has 1 fully saturated rings. The highest BCUT2D eigenvalue weighted by Gasteiger charge is 2.28. The number of halogens is 1. The number of sulfonamides is 1. The highest BCUT2D eigenvalue weighted by atomic mass is 35.5. The molecule has 2 aromatic rings. The smallest absolute Gasteiger partial charge is 0.287 e. The fourth-order valence-electron chi connectivity index (χ4n) is 3.02. The van der Waals surface area contributed by atoms with E-state index in [0.29, 0.717) is 23.6 Å². The Labute approximate surface area is 145 Å². The first-order valence-electron chi connectivity index (χ1n) is 7.70. The van der Waals surface area contributed by atoms with E-state index in [1.807, 2.05) is 0 Å². The average Bonchev–Trinajstić information content (AvgIpc) is 2.84. The van der Waals surface area contributed by atoms with Crippen molar-refractivity contribution < 1.29 is 17.6 Å². The lowest BCUT2D eigenvalue weighted by Crippen LogP contribution is -2.49. The maximum Gasteiger partial charge on any atom is 0.287 e. The molecule has 0 bridgehead atoms. The highest BCUT2D eigenvalue weighted by molar-refractivity contribution is 7.88. The third kappa shape index (κ3) is 3.43. The van der Waals surface area contributed by atoms with E-state index in [0.717, 1.165) is 17.4 Å². The first-order chi connectivity index (χ1) is 11.3. The first-order valence-corrected chi connectivity index (χ1v) is 9.93. The Morgan fingerprint density at radius 2 is 2.17 bits per heavy atom. The van der Waals surface area contributed by atoms with Crippen LogP contribution in [0.4, 0.5) is 0 Å². The highest BCUT2D eigenvalue weighted by Crippen LogP contribution is 2.28. The Hall–Kier alpha value is -1.57. The molecule has 0 radical (unpaired) electrons. The number of amides is 1. The predicted molar refractivity (Wildman–Crippen MR) is 92.9 cm³/mol. The number of hydrogen-bond donors (Lipinski definition) is 1. The van der Waals surface area contributed by atoms with E-state index >= 15 is 0 Å². The van der Waals surface area contributed by atoms with E-state index in [2.05, 4.69) is 5.32 Å². The van der Waals surface area contributed by atoms with Crippen molar-refractivity contribution in [3.8, 4) is 0 Å². The average molecular weight is 371 g/mol. The molecule has 24 heavy (non-hydrogen) atoms. The molecular weight excluding hydrogens is 352 g/mol. The topological polar surface area (TPSA) is 79.6 Å². The lowest BCUT2D eigenvalue weighted by Gasteiger charge is -2.31. The second kappa shape index (κ2) is 6.38. The first kappa shape index (κ1) is 17.3. The molecule has 1 aliphatic heterocycles. The van der Waals surface area contributed by atoms with Crippen LogP contribution in [0, 0.1) is 6.92 Å². The van der Waals surface area contributed by atoms with Crippen LogP contribution in [-0.2, 0) is 10.0 Å². The van der Waals surface area contributed by atoms with Gasteiger partial charge in [0.15, 0.2) is 5.76 Å². The minimum atomic E-state index is -3.25. The maximum atomic E-state index is 12.5. The quantitative estimate of drug-likeness (QED) is 0.900. The van der Waals surface area contributed by atoms with Gasteiger partial charge in [0, 0.05) is 35.1 Å². The lowest BCUT2D eigenvalue weighted by molar-refractivity contribution is 0.0894. The van der Waals surface area contributed by atoms with E-state index in [1.54, 1.807) is 25.1 Å². The van der Waals surface area contributed by atoms with Crippen LogP contribution in [0.3, 0.4) is 0 Å². The zero-order chi connectivity index (χ0) is 17.5. The van der Waals surface area contributed by atoms with Crippen LogP contribution in [0.1, 0.15) is 29.0 Å². The summed E-state index contributed by atoms with van der Waals surface area (Å²) in [5.74, 6) is -0.0936. The van der Waals surface area contributed by atoms with Crippen molar-refractivity contribution in [3.63, 3.8) is 0 Å². The van der Waals surface area contributed by atoms with Crippen LogP contribution in [0.5, 0.6) is 0 Å². The third-order valence-electron chi connectivity index (χ3n) is 4.29. The standard InChI is InChI=1S/C16H19ClN2O4S/c1-10-13-8-11(17)5-6-14(13)23-15(10)16(20)18-12-4-3-7-19(9-12)24(2,21)22/h5-6,8,12H,3-4,7,9H2,1-2H3,(H,18,20). The van der Waals surface area contributed by atoms with E-state index in [4.69, 9.17) is 16.0 Å². The molecule has 1 aliphatic rings. The molecule has 1 amide bonds. The van der Waals surface area contributed by atoms with Gasteiger partial charge < -0.3 is 9.73 Å². The number of benzene rings is 1. The fraction of sp³-hybridized carbons (Fsp3) is 0.438. The second-order valence-corrected chi connectivity index (χ2v) is 8.55. The zero-order valence-electron chi connectivity index (χ0n) is 13.5. The van der Waals surface area contributed by atoms with Crippen LogP contribution < -0.4 is 5.32 Å². The summed E-state index contributed by atoms with van der Waals surface area (Å²) in [6.45, 7) is 2.59. The number of carbonyl (C=O) groups is 1. The number of furan rings is 1. The van der Waals surface area contributed by atoms with Gasteiger partial charge in [-0.25, -0.2) is 12.7 Å². The van der Waals surface area contributed by atoms with Crippen molar-refractivity contribution in [2.75, 3.05) is 19.3 Å². The number of hydrogen-bond acceptors (Lipinski definition) is 4. The number of aryl methyl sites for hydroxylation is 1. The van der Waals surface area contributed by atoms with Crippen molar-refractivity contribution >= 4 is 38.5 Å². The van der Waals surface area contributed by atoms with Gasteiger partial charge >= 0.3 is 0 Å². The third-order valence-corrected chi connectivity index (χ3v) is 5.80. The Morgan fingerprint density at radius 1 is 1.42 bits per heavy atom. The van der Waals surface area contributed by atoms with Crippen molar-refractivity contribution in [1.82, 2.24) is 9.62 Å². The number of carbonyl (C=O) groups excluding carboxylic acids is 1. The van der Waals surface area contributed by atoms with Crippen molar-refractivity contribution in [2.45, 2.75) is 25.8 Å². The minimum absolute atomic E-state index is 0.225. The normalized spacial score (nSPS) is 19.5. The second-order valence-electron chi connectivity index (χ2n) is 6.13. The molecule has 1 saturated heterocycles. The molecule has 130 valence electrons. The van der Waals surface area contributed by atoms with Crippen molar-refractivity contribution in [1.29, 1.82) is 0 Å². The van der Waals surface area contributed by atoms with Gasteiger partial charge in [0.05, 0.1) is 6.26 Å². The Bertz CT molecular complexity index is 891. The summed E-state index contributed by atoms with van der Waals surface area (Å²) in [7, 11) is -3.25. The molecule has 1 N–H and O–H groups in total. The monoisotopic (exact) mass is 370 g/mol. The molecule has 0 spiro atoms. The van der Waals surface area contributed by atoms with Gasteiger partial charge in [-0.05, 0) is 38.0 Å². The van der Waals surface area contributed by atoms with Crippen molar-refractivity contribution in [2.24, 2.45) is 0 Å². The molecule has 1 unspecified atom stereocenters. The van der Waals surface area contributed by atoms with E-state index < -0.39 is 10.0 Å². The van der Waals surface area contributed by atoms with Crippen LogP contribution in [0.2, 0.25) is 5.02 Å². The van der Waals surface area contributed by atoms with Gasteiger partial charge in [0.1, 0.15) is 5.58 Å². The number of piperidine rings is 1. The lowest BCUT2D eigenvalue weighted by atomic mass is 10.1. The van der Waals surface area contributed by atoms with Gasteiger partial charge in [-0.2, -0.15) is 0 Å². The molecule has 2 heterocycles. The summed E-state index contributed by atoms with van der Waals surface area (Å²) in [6, 6.07) is 4.98. The number of rotatable bonds is 3. The number of nitrogens with one attached hydrogen (secondary N) is 1. The molecule has 8 heteroatoms. The maximum absolute atomic E-state index is 12.5. The molecule has 0 aliphatic carbocycles. The molecular formula is C16H19ClN2O4S. The van der Waals surface area contributed by atoms with Crippen LogP contribution in [-0.4, -0.2) is 44.0 Å². The van der Waals surface area contributed by atoms with Crippen LogP contribution in [0.15, 0.2) is 22.6 Å². The summed E-state index contributed by atoms with van der Waals surface area (Å²) in [4.78, 5) is 12.5. The fourth-order valence-corrected chi connectivity index (χ4v) is 4.11. The van der Waals surface area contributed by atoms with Crippen LogP contribution >= 0.6 is 11.6 Å². The molecule has 3 rings (SSSR count).